The number of ether oxygens (including phenoxy) is 2. The minimum Gasteiger partial charge on any atom is -0.460 e. The van der Waals surface area contributed by atoms with Crippen molar-refractivity contribution in [3.63, 3.8) is 0 Å². The van der Waals surface area contributed by atoms with Gasteiger partial charge in [0.1, 0.15) is 6.61 Å². The first-order valence-corrected chi connectivity index (χ1v) is 9.57. The maximum absolute atomic E-state index is 13.0. The summed E-state index contributed by atoms with van der Waals surface area (Å²) in [7, 11) is 1.08. The molecule has 0 fully saturated rings. The number of hydrogen-bond acceptors (Lipinski definition) is 5. The van der Waals surface area contributed by atoms with Crippen LogP contribution in [0.15, 0.2) is 54.6 Å². The molecule has 0 bridgehead atoms. The highest BCUT2D eigenvalue weighted by atomic mass is 16.6. The molecule has 1 aliphatic heterocycles. The van der Waals surface area contributed by atoms with E-state index in [-0.39, 0.29) is 13.0 Å². The standard InChI is InChI=1S/C23H21N3O5/c1-15-8-11-19-17(12-15)9-10-18(13-20(27)21(25-24)22(28)30-2)26(19)23(29)31-14-16-6-4-3-5-7-16/h3-12,18H,13-14H2,1-2H3. The van der Waals surface area contributed by atoms with Crippen molar-refractivity contribution in [2.24, 2.45) is 0 Å². The Balaban J connectivity index is 1.87. The third-order valence-corrected chi connectivity index (χ3v) is 4.81. The maximum atomic E-state index is 13.0. The van der Waals surface area contributed by atoms with E-state index in [1.807, 2.05) is 49.4 Å². The summed E-state index contributed by atoms with van der Waals surface area (Å²) in [5.41, 5.74) is 11.5. The number of hydrogen-bond donors (Lipinski definition) is 0. The van der Waals surface area contributed by atoms with Crippen LogP contribution >= 0.6 is 0 Å². The van der Waals surface area contributed by atoms with E-state index >= 15 is 0 Å². The molecular weight excluding hydrogens is 398 g/mol. The summed E-state index contributed by atoms with van der Waals surface area (Å²) in [6, 6.07) is 14.0. The molecule has 0 spiro atoms. The quantitative estimate of drug-likeness (QED) is 0.235. The number of nitrogens with zero attached hydrogens (tertiary/aromatic N) is 3. The highest BCUT2D eigenvalue weighted by Gasteiger charge is 2.37. The van der Waals surface area contributed by atoms with Crippen molar-refractivity contribution in [3.05, 3.63) is 76.8 Å². The van der Waals surface area contributed by atoms with Gasteiger partial charge in [0.15, 0.2) is 0 Å². The number of rotatable bonds is 6. The number of aryl methyl sites for hydroxylation is 1. The maximum Gasteiger partial charge on any atom is 0.441 e. The number of anilines is 1. The molecule has 0 radical (unpaired) electrons. The Hall–Kier alpha value is -4.03. The lowest BCUT2D eigenvalue weighted by Gasteiger charge is -2.32. The zero-order valence-electron chi connectivity index (χ0n) is 17.1. The predicted octanol–water partition coefficient (Wildman–Crippen LogP) is 3.34. The smallest absolute Gasteiger partial charge is 0.441 e. The Morgan fingerprint density at radius 3 is 2.55 bits per heavy atom. The van der Waals surface area contributed by atoms with Crippen LogP contribution < -0.4 is 4.90 Å². The molecule has 31 heavy (non-hydrogen) atoms. The van der Waals surface area contributed by atoms with E-state index < -0.39 is 29.6 Å². The number of benzene rings is 2. The summed E-state index contributed by atoms with van der Waals surface area (Å²) in [5, 5.41) is 0. The van der Waals surface area contributed by atoms with E-state index in [0.29, 0.717) is 5.69 Å². The van der Waals surface area contributed by atoms with Crippen molar-refractivity contribution < 1.29 is 28.6 Å². The molecule has 1 atom stereocenters. The number of esters is 1. The molecule has 1 aliphatic rings. The summed E-state index contributed by atoms with van der Waals surface area (Å²) in [6.07, 6.45) is 2.54. The van der Waals surface area contributed by atoms with Crippen molar-refractivity contribution in [3.8, 4) is 0 Å². The molecule has 0 aromatic heterocycles. The third kappa shape index (κ3) is 4.94. The lowest BCUT2D eigenvalue weighted by atomic mass is 9.97. The number of amides is 1. The lowest BCUT2D eigenvalue weighted by molar-refractivity contribution is -0.139. The SMILES string of the molecule is COC(=O)C(=[N+]=[N-])C(=O)CC1C=Cc2cc(C)ccc2N1C(=O)OCc1ccccc1. The van der Waals surface area contributed by atoms with Crippen LogP contribution in [-0.2, 0) is 25.7 Å². The van der Waals surface area contributed by atoms with Gasteiger partial charge in [-0.05, 0) is 30.2 Å². The number of Topliss-reactive ketones (excluding diaryl/α,β-unsaturated/α-hetero) is 1. The van der Waals surface area contributed by atoms with Gasteiger partial charge in [-0.1, -0.05) is 54.1 Å². The Morgan fingerprint density at radius 1 is 1.13 bits per heavy atom. The molecule has 0 aliphatic carbocycles. The van der Waals surface area contributed by atoms with Gasteiger partial charge in [-0.2, -0.15) is 4.79 Å². The first-order valence-electron chi connectivity index (χ1n) is 9.57. The molecule has 1 unspecified atom stereocenters. The van der Waals surface area contributed by atoms with Gasteiger partial charge in [0.05, 0.1) is 18.8 Å². The number of methoxy groups -OCH3 is 1. The van der Waals surface area contributed by atoms with Crippen LogP contribution in [0, 0.1) is 6.92 Å². The molecule has 2 aromatic carbocycles. The largest absolute Gasteiger partial charge is 0.460 e. The van der Waals surface area contributed by atoms with Crippen molar-refractivity contribution in [1.82, 2.24) is 0 Å². The molecule has 1 heterocycles. The average molecular weight is 419 g/mol. The van der Waals surface area contributed by atoms with Gasteiger partial charge < -0.3 is 15.0 Å². The Labute approximate surface area is 179 Å². The first kappa shape index (κ1) is 21.7. The van der Waals surface area contributed by atoms with Gasteiger partial charge in [-0.25, -0.2) is 9.59 Å². The van der Waals surface area contributed by atoms with Gasteiger partial charge in [0.2, 0.25) is 0 Å². The molecule has 0 N–H and O–H groups in total. The first-order chi connectivity index (χ1) is 14.9. The van der Waals surface area contributed by atoms with E-state index in [1.54, 1.807) is 18.2 Å². The fraction of sp³-hybridized carbons (Fsp3) is 0.217. The number of carbonyl (C=O) groups excluding carboxylic acids is 3. The zero-order valence-corrected chi connectivity index (χ0v) is 17.1. The van der Waals surface area contributed by atoms with Crippen molar-refractivity contribution in [1.29, 1.82) is 0 Å². The second-order valence-corrected chi connectivity index (χ2v) is 6.97. The Bertz CT molecular complexity index is 1090. The second-order valence-electron chi connectivity index (χ2n) is 6.97. The third-order valence-electron chi connectivity index (χ3n) is 4.81. The Kier molecular flexibility index (Phi) is 6.74. The van der Waals surface area contributed by atoms with E-state index in [2.05, 4.69) is 9.53 Å². The fourth-order valence-electron chi connectivity index (χ4n) is 3.28. The Morgan fingerprint density at radius 2 is 1.87 bits per heavy atom. The van der Waals surface area contributed by atoms with Gasteiger partial charge in [-0.15, -0.1) is 0 Å². The molecular formula is C23H21N3O5. The highest BCUT2D eigenvalue weighted by molar-refractivity contribution is 6.62. The summed E-state index contributed by atoms with van der Waals surface area (Å²) < 4.78 is 9.96. The lowest BCUT2D eigenvalue weighted by Crippen LogP contribution is -2.44. The monoisotopic (exact) mass is 419 g/mol. The van der Waals surface area contributed by atoms with E-state index in [1.165, 1.54) is 4.90 Å². The van der Waals surface area contributed by atoms with Gasteiger partial charge in [0, 0.05) is 6.42 Å². The van der Waals surface area contributed by atoms with Crippen LogP contribution in [0.3, 0.4) is 0 Å². The summed E-state index contributed by atoms with van der Waals surface area (Å²) in [6.45, 7) is 2.00. The fourth-order valence-corrected chi connectivity index (χ4v) is 3.28. The van der Waals surface area contributed by atoms with Crippen LogP contribution in [0.5, 0.6) is 0 Å². The zero-order chi connectivity index (χ0) is 22.4. The van der Waals surface area contributed by atoms with Crippen LogP contribution in [0.1, 0.15) is 23.1 Å². The van der Waals surface area contributed by atoms with Crippen LogP contribution in [0.2, 0.25) is 0 Å². The second kappa shape index (κ2) is 9.65. The number of fused-ring (bicyclic) bond motifs is 1. The van der Waals surface area contributed by atoms with Crippen LogP contribution in [0.4, 0.5) is 10.5 Å². The normalized spacial score (nSPS) is 14.3. The minimum absolute atomic E-state index is 0.0628. The van der Waals surface area contributed by atoms with E-state index in [9.17, 15) is 14.4 Å². The average Bonchev–Trinajstić information content (AvgIpc) is 2.78. The molecule has 3 rings (SSSR count). The predicted molar refractivity (Wildman–Crippen MR) is 113 cm³/mol. The summed E-state index contributed by atoms with van der Waals surface area (Å²) in [5.74, 6) is -1.82. The molecule has 158 valence electrons. The molecule has 8 heteroatoms. The van der Waals surface area contributed by atoms with Crippen molar-refractivity contribution in [2.45, 2.75) is 26.0 Å². The van der Waals surface area contributed by atoms with Crippen LogP contribution in [-0.4, -0.2) is 41.5 Å². The van der Waals surface area contributed by atoms with Crippen molar-refractivity contribution in [2.75, 3.05) is 12.0 Å². The number of carbonyl (C=O) groups is 3. The molecule has 1 amide bonds. The minimum atomic E-state index is -1.05. The van der Waals surface area contributed by atoms with E-state index in [0.717, 1.165) is 23.8 Å². The van der Waals surface area contributed by atoms with E-state index in [4.69, 9.17) is 10.3 Å². The summed E-state index contributed by atoms with van der Waals surface area (Å²) in [4.78, 5) is 41.4. The molecule has 0 saturated heterocycles. The van der Waals surface area contributed by atoms with Crippen LogP contribution in [0.25, 0.3) is 11.6 Å². The molecule has 8 nitrogen and oxygen atoms in total. The summed E-state index contributed by atoms with van der Waals surface area (Å²) >= 11 is 0. The topological polar surface area (TPSA) is 109 Å². The van der Waals surface area contributed by atoms with Gasteiger partial charge >= 0.3 is 17.8 Å². The van der Waals surface area contributed by atoms with Crippen molar-refractivity contribution >= 4 is 35.3 Å². The molecule has 0 saturated carbocycles. The molecule has 2 aromatic rings. The van der Waals surface area contributed by atoms with Gasteiger partial charge in [0.25, 0.3) is 5.78 Å². The highest BCUT2D eigenvalue weighted by Crippen LogP contribution is 2.32. The van der Waals surface area contributed by atoms with Gasteiger partial charge in [-0.3, -0.25) is 9.69 Å². The number of ketones is 1.